The van der Waals surface area contributed by atoms with Gasteiger partial charge >= 0.3 is 0 Å². The molecule has 0 aliphatic carbocycles. The van der Waals surface area contributed by atoms with Crippen LogP contribution < -0.4 is 0 Å². The molecule has 0 rings (SSSR count). The van der Waals surface area contributed by atoms with E-state index >= 15 is 0 Å². The average Bonchev–Trinajstić information content (AvgIpc) is 2.35. The van der Waals surface area contributed by atoms with Crippen molar-refractivity contribution >= 4 is 29.5 Å². The Labute approximate surface area is 143 Å². The zero-order valence-electron chi connectivity index (χ0n) is 13.6. The molecule has 0 radical (unpaired) electrons. The molecule has 0 saturated carbocycles. The van der Waals surface area contributed by atoms with Crippen LogP contribution in [0.1, 0.15) is 13.3 Å². The van der Waals surface area contributed by atoms with Gasteiger partial charge in [0.2, 0.25) is 0 Å². The number of aliphatic hydroxyl groups is 3. The van der Waals surface area contributed by atoms with Crippen molar-refractivity contribution in [1.82, 2.24) is 0 Å². The van der Waals surface area contributed by atoms with Crippen molar-refractivity contribution < 1.29 is 40.6 Å². The van der Waals surface area contributed by atoms with E-state index in [-0.39, 0.29) is 6.42 Å². The van der Waals surface area contributed by atoms with Gasteiger partial charge in [-0.05, 0) is 6.42 Å². The summed E-state index contributed by atoms with van der Waals surface area (Å²) in [5.41, 5.74) is -1.60. The predicted octanol–water partition coefficient (Wildman–Crippen LogP) is -2.40. The SMILES string of the molecule is CCC(CS(=O)(=O)CCO)(CS(=O)(=O)CCO)CS(=O)(=O)CCO. The molecule has 0 aliphatic rings. The zero-order valence-corrected chi connectivity index (χ0v) is 16.0. The van der Waals surface area contributed by atoms with Crippen molar-refractivity contribution in [1.29, 1.82) is 0 Å². The molecule has 0 aromatic heterocycles. The minimum Gasteiger partial charge on any atom is -0.395 e. The fourth-order valence-electron chi connectivity index (χ4n) is 2.46. The highest BCUT2D eigenvalue weighted by Crippen LogP contribution is 2.29. The quantitative estimate of drug-likeness (QED) is 0.300. The first-order valence-electron chi connectivity index (χ1n) is 7.30. The summed E-state index contributed by atoms with van der Waals surface area (Å²) < 4.78 is 72.3. The second kappa shape index (κ2) is 9.43. The monoisotopic (exact) mass is 410 g/mol. The molecule has 146 valence electrons. The molecule has 3 N–H and O–H groups in total. The van der Waals surface area contributed by atoms with Crippen LogP contribution >= 0.6 is 0 Å². The summed E-state index contributed by atoms with van der Waals surface area (Å²) >= 11 is 0. The molecular weight excluding hydrogens is 384 g/mol. The van der Waals surface area contributed by atoms with E-state index in [0.717, 1.165) is 0 Å². The number of rotatable bonds is 13. The third-order valence-electron chi connectivity index (χ3n) is 3.54. The maximum absolute atomic E-state index is 12.0. The second-order valence-corrected chi connectivity index (χ2v) is 12.4. The summed E-state index contributed by atoms with van der Waals surface area (Å²) in [4.78, 5) is 0. The summed E-state index contributed by atoms with van der Waals surface area (Å²) in [7, 11) is -11.6. The van der Waals surface area contributed by atoms with Gasteiger partial charge < -0.3 is 15.3 Å². The summed E-state index contributed by atoms with van der Waals surface area (Å²) in [6.45, 7) is -0.490. The van der Waals surface area contributed by atoms with Gasteiger partial charge in [-0.3, -0.25) is 0 Å². The molecule has 0 aromatic carbocycles. The normalized spacial score (nSPS) is 14.0. The van der Waals surface area contributed by atoms with Crippen molar-refractivity contribution in [2.45, 2.75) is 13.3 Å². The first kappa shape index (κ1) is 23.7. The van der Waals surface area contributed by atoms with Gasteiger partial charge in [0.05, 0.1) is 54.3 Å². The second-order valence-electron chi connectivity index (χ2n) is 5.80. The van der Waals surface area contributed by atoms with E-state index in [0.29, 0.717) is 0 Å². The number of hydrogen-bond donors (Lipinski definition) is 3. The minimum atomic E-state index is -3.88. The summed E-state index contributed by atoms with van der Waals surface area (Å²) in [5, 5.41) is 26.5. The third kappa shape index (κ3) is 8.72. The summed E-state index contributed by atoms with van der Waals surface area (Å²) in [5.74, 6) is -3.95. The smallest absolute Gasteiger partial charge is 0.153 e. The van der Waals surface area contributed by atoms with Crippen LogP contribution in [0.3, 0.4) is 0 Å². The molecule has 0 aromatic rings. The van der Waals surface area contributed by atoms with Crippen LogP contribution in [0.4, 0.5) is 0 Å². The molecule has 24 heavy (non-hydrogen) atoms. The predicted molar refractivity (Wildman–Crippen MR) is 89.9 cm³/mol. The van der Waals surface area contributed by atoms with E-state index < -0.39 is 89.3 Å². The molecular formula is C12H26O9S3. The Balaban J connectivity index is 5.85. The van der Waals surface area contributed by atoms with Gasteiger partial charge in [-0.15, -0.1) is 0 Å². The van der Waals surface area contributed by atoms with Gasteiger partial charge in [-0.25, -0.2) is 25.3 Å². The van der Waals surface area contributed by atoms with Crippen molar-refractivity contribution in [3.05, 3.63) is 0 Å². The van der Waals surface area contributed by atoms with E-state index in [9.17, 15) is 25.3 Å². The van der Waals surface area contributed by atoms with Crippen LogP contribution in [0.25, 0.3) is 0 Å². The maximum atomic E-state index is 12.0. The molecule has 0 fully saturated rings. The highest BCUT2D eigenvalue weighted by Gasteiger charge is 2.41. The van der Waals surface area contributed by atoms with Gasteiger partial charge in [0.1, 0.15) is 0 Å². The zero-order chi connectivity index (χ0) is 19.1. The molecule has 12 heteroatoms. The molecule has 0 spiro atoms. The van der Waals surface area contributed by atoms with Gasteiger partial charge in [0.25, 0.3) is 0 Å². The first-order valence-corrected chi connectivity index (χ1v) is 12.8. The lowest BCUT2D eigenvalue weighted by atomic mass is 9.92. The topological polar surface area (TPSA) is 163 Å². The van der Waals surface area contributed by atoms with E-state index in [4.69, 9.17) is 15.3 Å². The van der Waals surface area contributed by atoms with Crippen LogP contribution in [0.2, 0.25) is 0 Å². The van der Waals surface area contributed by atoms with Crippen LogP contribution in [0, 0.1) is 5.41 Å². The molecule has 0 heterocycles. The van der Waals surface area contributed by atoms with E-state index in [1.165, 1.54) is 6.92 Å². The van der Waals surface area contributed by atoms with E-state index in [2.05, 4.69) is 0 Å². The molecule has 9 nitrogen and oxygen atoms in total. The first-order chi connectivity index (χ1) is 10.9. The molecule has 0 unspecified atom stereocenters. The Morgan fingerprint density at radius 2 is 0.875 bits per heavy atom. The lowest BCUT2D eigenvalue weighted by Crippen LogP contribution is -2.44. The summed E-state index contributed by atoms with van der Waals surface area (Å²) in [6, 6.07) is 0. The molecule has 0 amide bonds. The Bertz CT molecular complexity index is 584. The van der Waals surface area contributed by atoms with Crippen LogP contribution in [-0.2, 0) is 29.5 Å². The Morgan fingerprint density at radius 3 is 1.04 bits per heavy atom. The van der Waals surface area contributed by atoms with Crippen molar-refractivity contribution in [3.63, 3.8) is 0 Å². The van der Waals surface area contributed by atoms with Gasteiger partial charge in [-0.1, -0.05) is 6.92 Å². The molecule has 0 saturated heterocycles. The van der Waals surface area contributed by atoms with Crippen molar-refractivity contribution in [2.75, 3.05) is 54.3 Å². The molecule has 0 atom stereocenters. The minimum absolute atomic E-state index is 0.0486. The molecule has 0 aliphatic heterocycles. The van der Waals surface area contributed by atoms with Crippen LogP contribution in [0.15, 0.2) is 0 Å². The number of sulfone groups is 3. The van der Waals surface area contributed by atoms with E-state index in [1.54, 1.807) is 0 Å². The Hall–Kier alpha value is -0.270. The van der Waals surface area contributed by atoms with Crippen LogP contribution in [0.5, 0.6) is 0 Å². The fourth-order valence-corrected chi connectivity index (χ4v) is 8.14. The Morgan fingerprint density at radius 1 is 0.625 bits per heavy atom. The fraction of sp³-hybridized carbons (Fsp3) is 1.00. The average molecular weight is 411 g/mol. The molecule has 0 bridgehead atoms. The highest BCUT2D eigenvalue weighted by molar-refractivity contribution is 7.93. The van der Waals surface area contributed by atoms with Crippen molar-refractivity contribution in [3.8, 4) is 0 Å². The van der Waals surface area contributed by atoms with Crippen LogP contribution in [-0.4, -0.2) is 94.9 Å². The summed E-state index contributed by atoms with van der Waals surface area (Å²) in [6.07, 6.45) is -0.0486. The lowest BCUT2D eigenvalue weighted by molar-refractivity contribution is 0.316. The van der Waals surface area contributed by atoms with Gasteiger partial charge in [-0.2, -0.15) is 0 Å². The van der Waals surface area contributed by atoms with Gasteiger partial charge in [0.15, 0.2) is 29.5 Å². The third-order valence-corrected chi connectivity index (χ3v) is 9.11. The maximum Gasteiger partial charge on any atom is 0.153 e. The highest BCUT2D eigenvalue weighted by atomic mass is 32.2. The lowest BCUT2D eigenvalue weighted by Gasteiger charge is -2.31. The Kier molecular flexibility index (Phi) is 9.33. The van der Waals surface area contributed by atoms with Crippen molar-refractivity contribution in [2.24, 2.45) is 5.41 Å². The number of hydrogen-bond acceptors (Lipinski definition) is 9. The largest absolute Gasteiger partial charge is 0.395 e. The standard InChI is InChI=1S/C12H26O9S3/c1-2-12(9-22(16,17)6-3-13,10-23(18,19)7-4-14)11-24(20,21)8-5-15/h13-15H,2-11H2,1H3. The number of aliphatic hydroxyl groups excluding tert-OH is 3. The van der Waals surface area contributed by atoms with E-state index in [1.807, 2.05) is 0 Å². The van der Waals surface area contributed by atoms with Gasteiger partial charge in [0, 0.05) is 5.41 Å².